The van der Waals surface area contributed by atoms with E-state index in [1.165, 1.54) is 0 Å². The van der Waals surface area contributed by atoms with Crippen LogP contribution in [-0.2, 0) is 0 Å². The third kappa shape index (κ3) is 3.83. The van der Waals surface area contributed by atoms with Crippen molar-refractivity contribution in [2.75, 3.05) is 23.3 Å². The van der Waals surface area contributed by atoms with Gasteiger partial charge >= 0.3 is 0 Å². The van der Waals surface area contributed by atoms with E-state index in [-0.39, 0.29) is 5.28 Å². The summed E-state index contributed by atoms with van der Waals surface area (Å²) in [6.07, 6.45) is 0. The monoisotopic (exact) mass is 369 g/mol. The summed E-state index contributed by atoms with van der Waals surface area (Å²) < 4.78 is 1.02. The van der Waals surface area contributed by atoms with Gasteiger partial charge in [-0.15, -0.1) is 0 Å². The van der Waals surface area contributed by atoms with E-state index in [1.54, 1.807) is 0 Å². The summed E-state index contributed by atoms with van der Waals surface area (Å²) in [5, 5.41) is 3.38. The molecule has 7 heteroatoms. The maximum Gasteiger partial charge on any atom is 0.233 e. The quantitative estimate of drug-likeness (QED) is 0.855. The molecule has 5 nitrogen and oxygen atoms in total. The lowest BCUT2D eigenvalue weighted by Gasteiger charge is -2.19. The molecule has 0 atom stereocenters. The Bertz CT molecular complexity index is 631. The molecule has 1 heterocycles. The lowest BCUT2D eigenvalue weighted by molar-refractivity contribution is 0.813. The minimum Gasteiger partial charge on any atom is -0.341 e. The maximum absolute atomic E-state index is 6.01. The number of anilines is 3. The molecule has 2 aromatic rings. The smallest absolute Gasteiger partial charge is 0.233 e. The molecule has 1 aromatic carbocycles. The van der Waals surface area contributed by atoms with E-state index < -0.39 is 0 Å². The molecule has 0 saturated carbocycles. The van der Waals surface area contributed by atoms with Crippen LogP contribution >= 0.6 is 27.5 Å². The van der Waals surface area contributed by atoms with Gasteiger partial charge in [0.15, 0.2) is 0 Å². The lowest BCUT2D eigenvalue weighted by Crippen LogP contribution is -2.24. The van der Waals surface area contributed by atoms with Crippen molar-refractivity contribution in [1.82, 2.24) is 15.0 Å². The average molecular weight is 371 g/mol. The Morgan fingerprint density at radius 3 is 2.57 bits per heavy atom. The van der Waals surface area contributed by atoms with Gasteiger partial charge in [0.25, 0.3) is 0 Å². The van der Waals surface area contributed by atoms with Gasteiger partial charge in [-0.25, -0.2) is 0 Å². The second-order valence-electron chi connectivity index (χ2n) is 4.44. The van der Waals surface area contributed by atoms with Gasteiger partial charge in [-0.05, 0) is 50.1 Å². The molecule has 0 aliphatic carbocycles. The van der Waals surface area contributed by atoms with Crippen molar-refractivity contribution in [3.63, 3.8) is 0 Å². The fraction of sp³-hybridized carbons (Fsp3) is 0.357. The van der Waals surface area contributed by atoms with Crippen LogP contribution in [0.1, 0.15) is 19.4 Å². The summed E-state index contributed by atoms with van der Waals surface area (Å²) in [4.78, 5) is 14.8. The highest BCUT2D eigenvalue weighted by molar-refractivity contribution is 9.10. The summed E-state index contributed by atoms with van der Waals surface area (Å²) in [5.74, 6) is 1.02. The van der Waals surface area contributed by atoms with E-state index in [0.29, 0.717) is 11.9 Å². The fourth-order valence-corrected chi connectivity index (χ4v) is 2.43. The van der Waals surface area contributed by atoms with Crippen LogP contribution in [0.15, 0.2) is 22.7 Å². The molecule has 0 spiro atoms. The van der Waals surface area contributed by atoms with Gasteiger partial charge in [0.1, 0.15) is 0 Å². The Balaban J connectivity index is 2.34. The molecule has 0 amide bonds. The fourth-order valence-electron chi connectivity index (χ4n) is 1.91. The molecule has 0 bridgehead atoms. The first-order valence-corrected chi connectivity index (χ1v) is 7.90. The number of hydrogen-bond acceptors (Lipinski definition) is 5. The summed E-state index contributed by atoms with van der Waals surface area (Å²) in [5.41, 5.74) is 2.01. The molecule has 0 saturated heterocycles. The Kier molecular flexibility index (Phi) is 5.36. The molecule has 2 rings (SSSR count). The van der Waals surface area contributed by atoms with Crippen LogP contribution < -0.4 is 10.2 Å². The summed E-state index contributed by atoms with van der Waals surface area (Å²) in [7, 11) is 0. The average Bonchev–Trinajstić information content (AvgIpc) is 2.45. The third-order valence-corrected chi connectivity index (χ3v) is 4.18. The summed E-state index contributed by atoms with van der Waals surface area (Å²) in [6.45, 7) is 7.73. The molecule has 1 aromatic heterocycles. The first-order valence-electron chi connectivity index (χ1n) is 6.73. The third-order valence-electron chi connectivity index (χ3n) is 3.16. The van der Waals surface area contributed by atoms with Crippen LogP contribution in [0, 0.1) is 6.92 Å². The van der Waals surface area contributed by atoms with E-state index >= 15 is 0 Å². The van der Waals surface area contributed by atoms with Gasteiger partial charge in [-0.1, -0.05) is 22.0 Å². The van der Waals surface area contributed by atoms with Gasteiger partial charge in [0.05, 0.1) is 0 Å². The van der Waals surface area contributed by atoms with Crippen LogP contribution in [0.25, 0.3) is 0 Å². The first kappa shape index (κ1) is 16.0. The zero-order valence-electron chi connectivity index (χ0n) is 12.2. The maximum atomic E-state index is 6.01. The number of benzene rings is 1. The number of nitrogens with one attached hydrogen (secondary N) is 1. The second-order valence-corrected chi connectivity index (χ2v) is 5.63. The number of halogens is 2. The van der Waals surface area contributed by atoms with Crippen LogP contribution in [0.4, 0.5) is 17.6 Å². The van der Waals surface area contributed by atoms with E-state index in [4.69, 9.17) is 11.6 Å². The number of aromatic nitrogens is 3. The zero-order chi connectivity index (χ0) is 15.4. The van der Waals surface area contributed by atoms with Crippen LogP contribution in [0.3, 0.4) is 0 Å². The van der Waals surface area contributed by atoms with Crippen molar-refractivity contribution in [2.45, 2.75) is 20.8 Å². The Morgan fingerprint density at radius 2 is 1.90 bits per heavy atom. The highest BCUT2D eigenvalue weighted by Crippen LogP contribution is 2.26. The van der Waals surface area contributed by atoms with Crippen molar-refractivity contribution in [2.24, 2.45) is 0 Å². The molecule has 112 valence electrons. The largest absolute Gasteiger partial charge is 0.341 e. The molecular weight excluding hydrogens is 354 g/mol. The molecule has 0 fully saturated rings. The van der Waals surface area contributed by atoms with Crippen molar-refractivity contribution in [3.8, 4) is 0 Å². The van der Waals surface area contributed by atoms with Crippen LogP contribution in [-0.4, -0.2) is 28.0 Å². The Morgan fingerprint density at radius 1 is 1.19 bits per heavy atom. The Hall–Kier alpha value is -1.40. The summed E-state index contributed by atoms with van der Waals surface area (Å²) >= 11 is 9.51. The molecule has 21 heavy (non-hydrogen) atoms. The number of rotatable bonds is 5. The molecule has 0 aliphatic heterocycles. The van der Waals surface area contributed by atoms with Gasteiger partial charge in [0.2, 0.25) is 17.2 Å². The highest BCUT2D eigenvalue weighted by atomic mass is 79.9. The highest BCUT2D eigenvalue weighted by Gasteiger charge is 2.11. The minimum atomic E-state index is 0.182. The predicted octanol–water partition coefficient (Wildman–Crippen LogP) is 4.19. The lowest BCUT2D eigenvalue weighted by atomic mass is 10.2. The molecule has 1 N–H and O–H groups in total. The standard InChI is InChI=1S/C14H17BrClN5/c1-4-21(5-2)14-19-12(16)18-13(20-14)17-11-8-6-7-10(15)9(11)3/h6-8H,4-5H2,1-3H3,(H,17,18,19,20). The molecule has 0 radical (unpaired) electrons. The van der Waals surface area contributed by atoms with E-state index in [1.807, 2.05) is 43.9 Å². The summed E-state index contributed by atoms with van der Waals surface area (Å²) in [6, 6.07) is 5.91. The van der Waals surface area contributed by atoms with Crippen molar-refractivity contribution in [3.05, 3.63) is 33.5 Å². The van der Waals surface area contributed by atoms with E-state index in [9.17, 15) is 0 Å². The minimum absolute atomic E-state index is 0.182. The van der Waals surface area contributed by atoms with Crippen molar-refractivity contribution >= 4 is 45.1 Å². The van der Waals surface area contributed by atoms with Gasteiger partial charge < -0.3 is 10.2 Å². The van der Waals surface area contributed by atoms with Crippen LogP contribution in [0.2, 0.25) is 5.28 Å². The zero-order valence-corrected chi connectivity index (χ0v) is 14.5. The van der Waals surface area contributed by atoms with Crippen molar-refractivity contribution in [1.29, 1.82) is 0 Å². The van der Waals surface area contributed by atoms with E-state index in [0.717, 1.165) is 28.8 Å². The topological polar surface area (TPSA) is 53.9 Å². The first-order chi connectivity index (χ1) is 10.0. The number of hydrogen-bond donors (Lipinski definition) is 1. The Labute approximate surface area is 137 Å². The van der Waals surface area contributed by atoms with Gasteiger partial charge in [0, 0.05) is 23.2 Å². The number of nitrogens with zero attached hydrogens (tertiary/aromatic N) is 4. The van der Waals surface area contributed by atoms with Crippen LogP contribution in [0.5, 0.6) is 0 Å². The van der Waals surface area contributed by atoms with Gasteiger partial charge in [-0.2, -0.15) is 15.0 Å². The SMILES string of the molecule is CCN(CC)c1nc(Cl)nc(Nc2cccc(Br)c2C)n1. The van der Waals surface area contributed by atoms with E-state index in [2.05, 4.69) is 36.2 Å². The second kappa shape index (κ2) is 7.04. The van der Waals surface area contributed by atoms with Crippen molar-refractivity contribution < 1.29 is 0 Å². The predicted molar refractivity (Wildman–Crippen MR) is 90.6 cm³/mol. The molecule has 0 unspecified atom stereocenters. The normalized spacial score (nSPS) is 10.5. The molecular formula is C14H17BrClN5. The molecule has 0 aliphatic rings. The van der Waals surface area contributed by atoms with Gasteiger partial charge in [-0.3, -0.25) is 0 Å².